The number of nitrogens with zero attached hydrogens (tertiary/aromatic N) is 1. The zero-order valence-corrected chi connectivity index (χ0v) is 14.7. The highest BCUT2D eigenvalue weighted by atomic mass is 16.5. The number of benzene rings is 2. The minimum absolute atomic E-state index is 0.129. The average Bonchev–Trinajstić information content (AvgIpc) is 2.65. The molecular formula is C20H20N2O4. The van der Waals surface area contributed by atoms with E-state index in [0.717, 1.165) is 0 Å². The van der Waals surface area contributed by atoms with Crippen LogP contribution in [0.25, 0.3) is 0 Å². The molecule has 6 nitrogen and oxygen atoms in total. The molecule has 1 heterocycles. The van der Waals surface area contributed by atoms with Gasteiger partial charge in [-0.15, -0.1) is 0 Å². The number of rotatable bonds is 5. The van der Waals surface area contributed by atoms with Crippen LogP contribution in [0.4, 0.5) is 11.4 Å². The molecule has 1 N–H and O–H groups in total. The Hall–Kier alpha value is -3.28. The first kappa shape index (κ1) is 17.5. The van der Waals surface area contributed by atoms with Gasteiger partial charge >= 0.3 is 0 Å². The van der Waals surface area contributed by atoms with Crippen LogP contribution >= 0.6 is 0 Å². The highest BCUT2D eigenvalue weighted by molar-refractivity contribution is 6.05. The molecule has 0 fully saturated rings. The van der Waals surface area contributed by atoms with Crippen molar-refractivity contribution in [1.82, 2.24) is 0 Å². The Balaban J connectivity index is 1.74. The molecule has 0 bridgehead atoms. The third-order valence-corrected chi connectivity index (χ3v) is 4.04. The highest BCUT2D eigenvalue weighted by Crippen LogP contribution is 2.35. The number of hydrogen-bond donors (Lipinski definition) is 1. The molecule has 0 radical (unpaired) electrons. The number of anilines is 2. The molecule has 0 spiro atoms. The van der Waals surface area contributed by atoms with Gasteiger partial charge in [-0.3, -0.25) is 9.59 Å². The van der Waals surface area contributed by atoms with Gasteiger partial charge in [0.05, 0.1) is 5.69 Å². The van der Waals surface area contributed by atoms with Crippen molar-refractivity contribution in [1.29, 1.82) is 0 Å². The van der Waals surface area contributed by atoms with Gasteiger partial charge in [0.1, 0.15) is 18.1 Å². The Morgan fingerprint density at radius 2 is 2.04 bits per heavy atom. The predicted molar refractivity (Wildman–Crippen MR) is 100 cm³/mol. The first-order valence-corrected chi connectivity index (χ1v) is 8.23. The number of likely N-dealkylation sites (N-methyl/N-ethyl adjacent to an activating group) is 1. The summed E-state index contributed by atoms with van der Waals surface area (Å²) in [5.74, 6) is 0.901. The second-order valence-electron chi connectivity index (χ2n) is 5.92. The molecule has 2 aromatic carbocycles. The molecule has 0 saturated carbocycles. The average molecular weight is 352 g/mol. The predicted octanol–water partition coefficient (Wildman–Crippen LogP) is 3.25. The van der Waals surface area contributed by atoms with Crippen LogP contribution in [0.3, 0.4) is 0 Å². The molecule has 26 heavy (non-hydrogen) atoms. The largest absolute Gasteiger partial charge is 0.490 e. The lowest BCUT2D eigenvalue weighted by atomic mass is 10.1. The molecule has 1 aliphatic heterocycles. The van der Waals surface area contributed by atoms with Crippen LogP contribution in [0.1, 0.15) is 17.3 Å². The van der Waals surface area contributed by atoms with E-state index in [1.54, 1.807) is 62.5 Å². The summed E-state index contributed by atoms with van der Waals surface area (Å²) in [6, 6.07) is 12.0. The zero-order valence-electron chi connectivity index (χ0n) is 14.7. The van der Waals surface area contributed by atoms with E-state index in [1.807, 2.05) is 0 Å². The number of nitrogens with one attached hydrogen (secondary N) is 1. The lowest BCUT2D eigenvalue weighted by Crippen LogP contribution is -2.41. The zero-order chi connectivity index (χ0) is 18.7. The summed E-state index contributed by atoms with van der Waals surface area (Å²) in [6.07, 6.45) is 1.14. The molecule has 2 amide bonds. The van der Waals surface area contributed by atoms with Crippen molar-refractivity contribution in [2.75, 3.05) is 23.9 Å². The number of fused-ring (bicyclic) bond motifs is 1. The van der Waals surface area contributed by atoms with Crippen molar-refractivity contribution in [2.24, 2.45) is 0 Å². The molecule has 1 atom stereocenters. The first-order chi connectivity index (χ1) is 12.5. The summed E-state index contributed by atoms with van der Waals surface area (Å²) >= 11 is 0. The van der Waals surface area contributed by atoms with Crippen LogP contribution < -0.4 is 19.7 Å². The number of amides is 2. The summed E-state index contributed by atoms with van der Waals surface area (Å²) in [7, 11) is 1.69. The molecular weight excluding hydrogens is 332 g/mol. The van der Waals surface area contributed by atoms with Crippen molar-refractivity contribution in [2.45, 2.75) is 13.0 Å². The topological polar surface area (TPSA) is 67.9 Å². The van der Waals surface area contributed by atoms with Gasteiger partial charge in [-0.1, -0.05) is 12.7 Å². The molecule has 3 rings (SSSR count). The lowest BCUT2D eigenvalue weighted by molar-refractivity contribution is -0.125. The quantitative estimate of drug-likeness (QED) is 0.839. The fourth-order valence-corrected chi connectivity index (χ4v) is 2.65. The number of carbonyl (C=O) groups excluding carboxylic acids is 2. The Morgan fingerprint density at radius 1 is 1.31 bits per heavy atom. The van der Waals surface area contributed by atoms with Gasteiger partial charge in [0.2, 0.25) is 0 Å². The number of hydrogen-bond acceptors (Lipinski definition) is 4. The van der Waals surface area contributed by atoms with E-state index >= 15 is 0 Å². The van der Waals surface area contributed by atoms with Gasteiger partial charge in [0, 0.05) is 18.3 Å². The minimum Gasteiger partial charge on any atom is -0.490 e. The van der Waals surface area contributed by atoms with E-state index in [-0.39, 0.29) is 11.8 Å². The maximum atomic E-state index is 12.4. The van der Waals surface area contributed by atoms with Crippen molar-refractivity contribution in [3.8, 4) is 11.5 Å². The summed E-state index contributed by atoms with van der Waals surface area (Å²) in [6.45, 7) is 5.71. The fraction of sp³-hybridized carbons (Fsp3) is 0.200. The second kappa shape index (κ2) is 7.31. The smallest absolute Gasteiger partial charge is 0.267 e. The van der Waals surface area contributed by atoms with Gasteiger partial charge in [0.25, 0.3) is 11.8 Å². The van der Waals surface area contributed by atoms with E-state index in [0.29, 0.717) is 35.0 Å². The Labute approximate surface area is 152 Å². The molecule has 0 aromatic heterocycles. The van der Waals surface area contributed by atoms with Crippen molar-refractivity contribution >= 4 is 23.2 Å². The van der Waals surface area contributed by atoms with Crippen molar-refractivity contribution in [3.63, 3.8) is 0 Å². The normalized spacial score (nSPS) is 15.7. The monoisotopic (exact) mass is 352 g/mol. The van der Waals surface area contributed by atoms with Crippen LogP contribution in [-0.2, 0) is 4.79 Å². The van der Waals surface area contributed by atoms with E-state index in [9.17, 15) is 9.59 Å². The third kappa shape index (κ3) is 3.54. The molecule has 1 aliphatic rings. The SMILES string of the molecule is C=CCOc1ccc(C(=O)Nc2ccc3c(c2)N(C)C(=O)[C@@H](C)O3)cc1. The molecule has 2 aromatic rings. The first-order valence-electron chi connectivity index (χ1n) is 8.23. The fourth-order valence-electron chi connectivity index (χ4n) is 2.65. The van der Waals surface area contributed by atoms with Gasteiger partial charge in [-0.05, 0) is 49.4 Å². The van der Waals surface area contributed by atoms with E-state index in [2.05, 4.69) is 11.9 Å². The Kier molecular flexibility index (Phi) is 4.93. The van der Waals surface area contributed by atoms with Crippen LogP contribution in [-0.4, -0.2) is 31.6 Å². The van der Waals surface area contributed by atoms with E-state index in [1.165, 1.54) is 4.90 Å². The molecule has 134 valence electrons. The third-order valence-electron chi connectivity index (χ3n) is 4.04. The van der Waals surface area contributed by atoms with E-state index < -0.39 is 6.10 Å². The summed E-state index contributed by atoms with van der Waals surface area (Å²) in [5, 5.41) is 2.83. The molecule has 6 heteroatoms. The van der Waals surface area contributed by atoms with Gasteiger partial charge in [0.15, 0.2) is 6.10 Å². The lowest BCUT2D eigenvalue weighted by Gasteiger charge is -2.30. The Morgan fingerprint density at radius 3 is 2.73 bits per heavy atom. The van der Waals surface area contributed by atoms with Gasteiger partial charge < -0.3 is 19.7 Å². The van der Waals surface area contributed by atoms with Gasteiger partial charge in [-0.2, -0.15) is 0 Å². The van der Waals surface area contributed by atoms with Crippen molar-refractivity contribution < 1.29 is 19.1 Å². The molecule has 0 saturated heterocycles. The second-order valence-corrected chi connectivity index (χ2v) is 5.92. The van der Waals surface area contributed by atoms with Crippen LogP contribution in [0.5, 0.6) is 11.5 Å². The maximum Gasteiger partial charge on any atom is 0.267 e. The van der Waals surface area contributed by atoms with E-state index in [4.69, 9.17) is 9.47 Å². The standard InChI is InChI=1S/C20H20N2O4/c1-4-11-25-16-8-5-14(6-9-16)19(23)21-15-7-10-18-17(12-15)22(3)20(24)13(2)26-18/h4-10,12-13H,1,11H2,2-3H3,(H,21,23)/t13-/m1/s1. The summed E-state index contributed by atoms with van der Waals surface area (Å²) in [4.78, 5) is 26.0. The maximum absolute atomic E-state index is 12.4. The highest BCUT2D eigenvalue weighted by Gasteiger charge is 2.29. The van der Waals surface area contributed by atoms with Gasteiger partial charge in [-0.25, -0.2) is 0 Å². The Bertz CT molecular complexity index is 845. The number of carbonyl (C=O) groups is 2. The van der Waals surface area contributed by atoms with Crippen molar-refractivity contribution in [3.05, 3.63) is 60.7 Å². The van der Waals surface area contributed by atoms with Crippen LogP contribution in [0.2, 0.25) is 0 Å². The number of ether oxygens (including phenoxy) is 2. The summed E-state index contributed by atoms with van der Waals surface area (Å²) in [5.41, 5.74) is 1.71. The van der Waals surface area contributed by atoms with Crippen LogP contribution in [0, 0.1) is 0 Å². The summed E-state index contributed by atoms with van der Waals surface area (Å²) < 4.78 is 11.0. The molecule has 0 aliphatic carbocycles. The van der Waals surface area contributed by atoms with Crippen LogP contribution in [0.15, 0.2) is 55.1 Å². The minimum atomic E-state index is -0.519. The molecule has 0 unspecified atom stereocenters.